The maximum absolute atomic E-state index is 5.64. The van der Waals surface area contributed by atoms with Crippen LogP contribution in [0.25, 0.3) is 0 Å². The largest absolute Gasteiger partial charge is 0.327 e. The van der Waals surface area contributed by atoms with Crippen LogP contribution in [0.15, 0.2) is 24.5 Å². The highest BCUT2D eigenvalue weighted by Gasteiger charge is 1.90. The minimum Gasteiger partial charge on any atom is -0.327 e. The number of aromatic nitrogens is 2. The normalized spacial score (nSPS) is 11.1. The molecule has 2 N–H and O–H groups in total. The molecule has 3 nitrogen and oxygen atoms in total. The Labute approximate surface area is 70.5 Å². The molecule has 0 atom stereocenters. The monoisotopic (exact) mass is 171 g/mol. The fraction of sp³-hybridized carbons (Fsp3) is 0.286. The highest BCUT2D eigenvalue weighted by molar-refractivity contribution is 6.30. The van der Waals surface area contributed by atoms with Crippen molar-refractivity contribution < 1.29 is 0 Å². The molecule has 0 fully saturated rings. The summed E-state index contributed by atoms with van der Waals surface area (Å²) in [5, 5.41) is 4.64. The van der Waals surface area contributed by atoms with Gasteiger partial charge in [0.05, 0.1) is 17.8 Å². The van der Waals surface area contributed by atoms with E-state index in [2.05, 4.69) is 5.10 Å². The van der Waals surface area contributed by atoms with Crippen LogP contribution in [0.4, 0.5) is 0 Å². The third-order valence-electron chi connectivity index (χ3n) is 1.20. The van der Waals surface area contributed by atoms with Gasteiger partial charge in [-0.3, -0.25) is 4.68 Å². The van der Waals surface area contributed by atoms with Crippen molar-refractivity contribution in [3.63, 3.8) is 0 Å². The topological polar surface area (TPSA) is 43.8 Å². The summed E-state index contributed by atoms with van der Waals surface area (Å²) in [4.78, 5) is 0. The molecule has 1 rings (SSSR count). The maximum atomic E-state index is 5.64. The summed E-state index contributed by atoms with van der Waals surface area (Å²) in [7, 11) is 0. The predicted molar refractivity (Wildman–Crippen MR) is 45.4 cm³/mol. The van der Waals surface area contributed by atoms with Crippen LogP contribution < -0.4 is 5.73 Å². The summed E-state index contributed by atoms with van der Waals surface area (Å²) in [6.07, 6.45) is 7.21. The number of allylic oxidation sites excluding steroid dienone is 1. The van der Waals surface area contributed by atoms with Crippen molar-refractivity contribution in [1.29, 1.82) is 0 Å². The summed E-state index contributed by atoms with van der Waals surface area (Å²) in [6.45, 7) is 1.29. The number of nitrogens with two attached hydrogens (primary N) is 1. The molecule has 0 spiro atoms. The zero-order chi connectivity index (χ0) is 8.10. The van der Waals surface area contributed by atoms with Crippen LogP contribution in [0, 0.1) is 0 Å². The van der Waals surface area contributed by atoms with E-state index in [1.54, 1.807) is 17.1 Å². The molecule has 0 aliphatic carbocycles. The van der Waals surface area contributed by atoms with Crippen molar-refractivity contribution in [3.8, 4) is 0 Å². The van der Waals surface area contributed by atoms with Gasteiger partial charge in [-0.05, 0) is 0 Å². The molecule has 0 unspecified atom stereocenters. The third kappa shape index (κ3) is 2.74. The van der Waals surface area contributed by atoms with Gasteiger partial charge in [0.15, 0.2) is 0 Å². The van der Waals surface area contributed by atoms with Crippen molar-refractivity contribution in [2.45, 2.75) is 6.54 Å². The van der Waals surface area contributed by atoms with E-state index in [0.717, 1.165) is 6.54 Å². The smallest absolute Gasteiger partial charge is 0.0785 e. The molecule has 11 heavy (non-hydrogen) atoms. The molecule has 1 heterocycles. The molecule has 0 aliphatic rings. The summed E-state index contributed by atoms with van der Waals surface area (Å²) < 4.78 is 1.74. The van der Waals surface area contributed by atoms with Gasteiger partial charge in [-0.15, -0.1) is 0 Å². The molecule has 0 saturated heterocycles. The first-order valence-corrected chi connectivity index (χ1v) is 3.74. The first kappa shape index (κ1) is 8.30. The number of nitrogens with zero attached hydrogens (tertiary/aromatic N) is 2. The molecule has 0 amide bonds. The summed E-state index contributed by atoms with van der Waals surface area (Å²) in [5.74, 6) is 0. The van der Waals surface area contributed by atoms with E-state index in [9.17, 15) is 0 Å². The zero-order valence-electron chi connectivity index (χ0n) is 6.07. The molecular formula is C7H10ClN3. The van der Waals surface area contributed by atoms with Gasteiger partial charge < -0.3 is 5.73 Å². The fourth-order valence-electron chi connectivity index (χ4n) is 0.717. The Bertz CT molecular complexity index is 242. The average molecular weight is 172 g/mol. The second kappa shape index (κ2) is 4.16. The van der Waals surface area contributed by atoms with Crippen LogP contribution in [0.2, 0.25) is 5.02 Å². The Morgan fingerprint density at radius 2 is 2.45 bits per heavy atom. The minimum absolute atomic E-state index is 0.564. The summed E-state index contributed by atoms with van der Waals surface area (Å²) in [6, 6.07) is 0. The molecule has 1 aromatic heterocycles. The van der Waals surface area contributed by atoms with Gasteiger partial charge in [-0.25, -0.2) is 0 Å². The van der Waals surface area contributed by atoms with E-state index in [0.29, 0.717) is 11.6 Å². The lowest BCUT2D eigenvalue weighted by Gasteiger charge is -1.91. The molecule has 4 heteroatoms. The van der Waals surface area contributed by atoms with E-state index in [1.165, 1.54) is 0 Å². The summed E-state index contributed by atoms with van der Waals surface area (Å²) in [5.41, 5.74) is 5.26. The van der Waals surface area contributed by atoms with Crippen LogP contribution in [-0.2, 0) is 6.54 Å². The molecular weight excluding hydrogens is 162 g/mol. The van der Waals surface area contributed by atoms with E-state index >= 15 is 0 Å². The molecule has 0 aliphatic heterocycles. The lowest BCUT2D eigenvalue weighted by Crippen LogP contribution is -1.97. The predicted octanol–water partition coefficient (Wildman–Crippen LogP) is 1.05. The number of hydrogen-bond acceptors (Lipinski definition) is 2. The first-order valence-electron chi connectivity index (χ1n) is 3.36. The fourth-order valence-corrected chi connectivity index (χ4v) is 0.873. The van der Waals surface area contributed by atoms with Crippen LogP contribution in [-0.4, -0.2) is 16.3 Å². The van der Waals surface area contributed by atoms with E-state index in [4.69, 9.17) is 17.3 Å². The highest BCUT2D eigenvalue weighted by atomic mass is 35.5. The second-order valence-corrected chi connectivity index (χ2v) is 2.52. The van der Waals surface area contributed by atoms with Gasteiger partial charge in [-0.1, -0.05) is 23.8 Å². The highest BCUT2D eigenvalue weighted by Crippen LogP contribution is 2.03. The van der Waals surface area contributed by atoms with Gasteiger partial charge in [0.2, 0.25) is 0 Å². The van der Waals surface area contributed by atoms with Crippen LogP contribution in [0.1, 0.15) is 0 Å². The maximum Gasteiger partial charge on any atom is 0.0785 e. The second-order valence-electron chi connectivity index (χ2n) is 2.09. The number of hydrogen-bond donors (Lipinski definition) is 1. The molecule has 0 saturated carbocycles. The quantitative estimate of drug-likeness (QED) is 0.691. The Hall–Kier alpha value is -0.800. The van der Waals surface area contributed by atoms with Crippen molar-refractivity contribution >= 4 is 11.6 Å². The van der Waals surface area contributed by atoms with Gasteiger partial charge in [-0.2, -0.15) is 5.10 Å². The van der Waals surface area contributed by atoms with Gasteiger partial charge >= 0.3 is 0 Å². The molecule has 0 bridgehead atoms. The molecule has 60 valence electrons. The van der Waals surface area contributed by atoms with Crippen LogP contribution in [0.5, 0.6) is 0 Å². The lowest BCUT2D eigenvalue weighted by atomic mass is 10.5. The lowest BCUT2D eigenvalue weighted by molar-refractivity contribution is 0.701. The van der Waals surface area contributed by atoms with Crippen molar-refractivity contribution in [2.75, 3.05) is 6.54 Å². The van der Waals surface area contributed by atoms with Gasteiger partial charge in [0, 0.05) is 12.7 Å². The van der Waals surface area contributed by atoms with Crippen LogP contribution in [0.3, 0.4) is 0 Å². The Morgan fingerprint density at radius 3 is 3.00 bits per heavy atom. The molecule has 0 radical (unpaired) electrons. The minimum atomic E-state index is 0.564. The number of rotatable bonds is 3. The van der Waals surface area contributed by atoms with Crippen molar-refractivity contribution in [3.05, 3.63) is 29.6 Å². The number of halogens is 1. The van der Waals surface area contributed by atoms with Crippen molar-refractivity contribution in [2.24, 2.45) is 5.73 Å². The molecule has 1 aromatic rings. The van der Waals surface area contributed by atoms with Crippen LogP contribution >= 0.6 is 11.6 Å². The van der Waals surface area contributed by atoms with E-state index in [1.807, 2.05) is 12.2 Å². The Balaban J connectivity index is 2.45. The SMILES string of the molecule is NCC=CCn1cc(Cl)cn1. The zero-order valence-corrected chi connectivity index (χ0v) is 6.83. The van der Waals surface area contributed by atoms with E-state index < -0.39 is 0 Å². The average Bonchev–Trinajstić information content (AvgIpc) is 2.37. The Kier molecular flexibility index (Phi) is 3.14. The Morgan fingerprint density at radius 1 is 1.64 bits per heavy atom. The first-order chi connectivity index (χ1) is 5.33. The standard InChI is InChI=1S/C7H10ClN3/c8-7-5-10-11(6-7)4-2-1-3-9/h1-2,5-6H,3-4,9H2. The summed E-state index contributed by atoms with van der Waals surface area (Å²) >= 11 is 5.64. The third-order valence-corrected chi connectivity index (χ3v) is 1.39. The van der Waals surface area contributed by atoms with Crippen molar-refractivity contribution in [1.82, 2.24) is 9.78 Å². The van der Waals surface area contributed by atoms with Gasteiger partial charge in [0.1, 0.15) is 0 Å². The van der Waals surface area contributed by atoms with Gasteiger partial charge in [0.25, 0.3) is 0 Å². The van der Waals surface area contributed by atoms with E-state index in [-0.39, 0.29) is 0 Å². The molecule has 0 aromatic carbocycles.